The van der Waals surface area contributed by atoms with E-state index in [1.165, 1.54) is 4.90 Å². The Morgan fingerprint density at radius 2 is 1.93 bits per heavy atom. The van der Waals surface area contributed by atoms with Gasteiger partial charge in [0, 0.05) is 22.7 Å². The number of amides is 3. The molecule has 3 heterocycles. The minimum Gasteiger partial charge on any atom is -0.392 e. The van der Waals surface area contributed by atoms with Gasteiger partial charge < -0.3 is 10.4 Å². The van der Waals surface area contributed by atoms with Crippen LogP contribution in [0.15, 0.2) is 12.1 Å². The molecule has 0 radical (unpaired) electrons. The second-order valence-electron chi connectivity index (χ2n) is 8.08. The van der Waals surface area contributed by atoms with E-state index >= 15 is 0 Å². The van der Waals surface area contributed by atoms with Gasteiger partial charge >= 0.3 is 0 Å². The van der Waals surface area contributed by atoms with E-state index in [-0.39, 0.29) is 17.9 Å². The highest BCUT2D eigenvalue weighted by atomic mass is 35.5. The van der Waals surface area contributed by atoms with Crippen LogP contribution in [0.2, 0.25) is 5.02 Å². The first-order valence-corrected chi connectivity index (χ1v) is 9.98. The van der Waals surface area contributed by atoms with Gasteiger partial charge in [-0.3, -0.25) is 24.6 Å². The van der Waals surface area contributed by atoms with Gasteiger partial charge in [-0.15, -0.1) is 0 Å². The molecular formula is C20H24ClN3O4. The van der Waals surface area contributed by atoms with Crippen molar-refractivity contribution in [3.8, 4) is 0 Å². The zero-order valence-electron chi connectivity index (χ0n) is 16.2. The lowest BCUT2D eigenvalue weighted by Crippen LogP contribution is -2.55. The van der Waals surface area contributed by atoms with Crippen LogP contribution in [0.3, 0.4) is 0 Å². The lowest BCUT2D eigenvalue weighted by molar-refractivity contribution is -0.145. The van der Waals surface area contributed by atoms with Crippen molar-refractivity contribution in [3.05, 3.63) is 28.3 Å². The Kier molecular flexibility index (Phi) is 4.34. The quantitative estimate of drug-likeness (QED) is 0.663. The molecule has 4 rings (SSSR count). The Morgan fingerprint density at radius 3 is 2.54 bits per heavy atom. The van der Waals surface area contributed by atoms with Crippen molar-refractivity contribution in [1.29, 1.82) is 0 Å². The SMILES string of the molecule is CC[C@@H](C)N1C(=O)[C@@H]2[C@@H]([C@@H](C)O)N[C@]3(C(=O)Nc4c3ccc(Cl)c4C)[C@@H]2C1=O. The Labute approximate surface area is 168 Å². The molecule has 3 aliphatic rings. The summed E-state index contributed by atoms with van der Waals surface area (Å²) >= 11 is 6.22. The summed E-state index contributed by atoms with van der Waals surface area (Å²) < 4.78 is 0. The average Bonchev–Trinajstić information content (AvgIpc) is 3.24. The molecule has 1 spiro atoms. The van der Waals surface area contributed by atoms with Crippen molar-refractivity contribution in [2.45, 2.75) is 57.8 Å². The maximum atomic E-state index is 13.4. The fraction of sp³-hybridized carbons (Fsp3) is 0.550. The highest BCUT2D eigenvalue weighted by molar-refractivity contribution is 6.32. The third-order valence-corrected chi connectivity index (χ3v) is 7.01. The number of anilines is 1. The predicted octanol–water partition coefficient (Wildman–Crippen LogP) is 1.55. The smallest absolute Gasteiger partial charge is 0.250 e. The molecular weight excluding hydrogens is 382 g/mol. The number of imide groups is 1. The number of carbonyl (C=O) groups is 3. The number of rotatable bonds is 3. The number of nitrogens with one attached hydrogen (secondary N) is 2. The number of aliphatic hydroxyl groups excluding tert-OH is 1. The van der Waals surface area contributed by atoms with Crippen molar-refractivity contribution >= 4 is 35.0 Å². The van der Waals surface area contributed by atoms with Crippen molar-refractivity contribution < 1.29 is 19.5 Å². The predicted molar refractivity (Wildman–Crippen MR) is 104 cm³/mol. The molecule has 0 saturated carbocycles. The lowest BCUT2D eigenvalue weighted by Gasteiger charge is -2.31. The molecule has 0 unspecified atom stereocenters. The van der Waals surface area contributed by atoms with Crippen LogP contribution in [-0.4, -0.2) is 45.9 Å². The summed E-state index contributed by atoms with van der Waals surface area (Å²) in [5.74, 6) is -2.79. The molecule has 1 aromatic carbocycles. The number of benzene rings is 1. The molecule has 0 aromatic heterocycles. The van der Waals surface area contributed by atoms with Crippen LogP contribution < -0.4 is 10.6 Å². The van der Waals surface area contributed by atoms with E-state index in [0.29, 0.717) is 28.3 Å². The second-order valence-corrected chi connectivity index (χ2v) is 8.48. The number of likely N-dealkylation sites (tertiary alicyclic amines) is 1. The zero-order valence-corrected chi connectivity index (χ0v) is 17.0. The molecule has 6 atom stereocenters. The van der Waals surface area contributed by atoms with E-state index in [4.69, 9.17) is 11.6 Å². The van der Waals surface area contributed by atoms with Crippen molar-refractivity contribution in [3.63, 3.8) is 0 Å². The highest BCUT2D eigenvalue weighted by Gasteiger charge is 2.71. The number of nitrogens with zero attached hydrogens (tertiary/aromatic N) is 1. The maximum Gasteiger partial charge on any atom is 0.250 e. The van der Waals surface area contributed by atoms with E-state index in [9.17, 15) is 19.5 Å². The zero-order chi connectivity index (χ0) is 20.5. The molecule has 3 amide bonds. The molecule has 3 N–H and O–H groups in total. The number of fused-ring (bicyclic) bond motifs is 4. The largest absolute Gasteiger partial charge is 0.392 e. The molecule has 2 fully saturated rings. The summed E-state index contributed by atoms with van der Waals surface area (Å²) in [7, 11) is 0. The highest BCUT2D eigenvalue weighted by Crippen LogP contribution is 2.54. The molecule has 0 aliphatic carbocycles. The van der Waals surface area contributed by atoms with Gasteiger partial charge in [0.05, 0.1) is 23.6 Å². The molecule has 28 heavy (non-hydrogen) atoms. The van der Waals surface area contributed by atoms with Crippen LogP contribution in [0.4, 0.5) is 5.69 Å². The van der Waals surface area contributed by atoms with Gasteiger partial charge in [0.2, 0.25) is 17.7 Å². The van der Waals surface area contributed by atoms with Gasteiger partial charge in [0.1, 0.15) is 5.54 Å². The maximum absolute atomic E-state index is 13.4. The van der Waals surface area contributed by atoms with E-state index < -0.39 is 35.4 Å². The van der Waals surface area contributed by atoms with E-state index in [0.717, 1.165) is 0 Å². The summed E-state index contributed by atoms with van der Waals surface area (Å²) in [4.78, 5) is 41.1. The van der Waals surface area contributed by atoms with Crippen LogP contribution in [0.5, 0.6) is 0 Å². The van der Waals surface area contributed by atoms with E-state index in [1.54, 1.807) is 26.0 Å². The first-order valence-electron chi connectivity index (χ1n) is 9.60. The monoisotopic (exact) mass is 405 g/mol. The summed E-state index contributed by atoms with van der Waals surface area (Å²) in [5.41, 5.74) is 0.479. The van der Waals surface area contributed by atoms with Crippen LogP contribution >= 0.6 is 11.6 Å². The van der Waals surface area contributed by atoms with E-state index in [1.807, 2.05) is 13.8 Å². The lowest BCUT2D eigenvalue weighted by atomic mass is 9.76. The van der Waals surface area contributed by atoms with Crippen LogP contribution in [-0.2, 0) is 19.9 Å². The summed E-state index contributed by atoms with van der Waals surface area (Å²) in [6, 6.07) is 2.44. The first kappa shape index (κ1) is 19.4. The van der Waals surface area contributed by atoms with Gasteiger partial charge in [0.15, 0.2) is 0 Å². The number of carbonyl (C=O) groups excluding carboxylic acids is 3. The number of hydrogen-bond donors (Lipinski definition) is 3. The minimum absolute atomic E-state index is 0.270. The molecule has 2 saturated heterocycles. The second kappa shape index (κ2) is 6.27. The molecule has 3 aliphatic heterocycles. The standard InChI is InChI=1S/C20H24ClN3O4/c1-5-8(2)24-17(26)13-14(18(24)27)20(23-16(13)10(4)25)11-6-7-12(21)9(3)15(11)22-19(20)28/h6-8,10,13-14,16,23,25H,5H2,1-4H3,(H,22,28)/t8-,10-,13+,14+,16-,20+/m1/s1. The minimum atomic E-state index is -1.40. The van der Waals surface area contributed by atoms with Gasteiger partial charge in [-0.25, -0.2) is 0 Å². The topological polar surface area (TPSA) is 98.7 Å². The van der Waals surface area contributed by atoms with Crippen molar-refractivity contribution in [2.75, 3.05) is 5.32 Å². The molecule has 7 nitrogen and oxygen atoms in total. The van der Waals surface area contributed by atoms with Gasteiger partial charge in [-0.2, -0.15) is 0 Å². The van der Waals surface area contributed by atoms with Gasteiger partial charge in [0.25, 0.3) is 0 Å². The molecule has 8 heteroatoms. The van der Waals surface area contributed by atoms with Gasteiger partial charge in [-0.05, 0) is 38.8 Å². The Bertz CT molecular complexity index is 902. The van der Waals surface area contributed by atoms with Crippen LogP contribution in [0, 0.1) is 18.8 Å². The Balaban J connectivity index is 1.93. The molecule has 150 valence electrons. The fourth-order valence-corrected chi connectivity index (χ4v) is 5.13. The summed E-state index contributed by atoms with van der Waals surface area (Å²) in [6.45, 7) is 7.09. The van der Waals surface area contributed by atoms with Crippen molar-refractivity contribution in [2.24, 2.45) is 11.8 Å². The van der Waals surface area contributed by atoms with Crippen molar-refractivity contribution in [1.82, 2.24) is 10.2 Å². The summed E-state index contributed by atoms with van der Waals surface area (Å²) in [5, 5.41) is 16.9. The number of halogens is 1. The van der Waals surface area contributed by atoms with Gasteiger partial charge in [-0.1, -0.05) is 24.6 Å². The van der Waals surface area contributed by atoms with E-state index in [2.05, 4.69) is 10.6 Å². The third kappa shape index (κ3) is 2.21. The Morgan fingerprint density at radius 1 is 1.25 bits per heavy atom. The Hall–Kier alpha value is -1.96. The first-order chi connectivity index (χ1) is 13.2. The summed E-state index contributed by atoms with van der Waals surface area (Å²) in [6.07, 6.45) is -0.292. The number of aliphatic hydroxyl groups is 1. The average molecular weight is 406 g/mol. The normalized spacial score (nSPS) is 33.3. The molecule has 0 bridgehead atoms. The fourth-order valence-electron chi connectivity index (χ4n) is 4.97. The molecule has 1 aromatic rings. The third-order valence-electron chi connectivity index (χ3n) is 6.60. The van der Waals surface area contributed by atoms with Crippen LogP contribution in [0.25, 0.3) is 0 Å². The number of hydrogen-bond acceptors (Lipinski definition) is 5. The van der Waals surface area contributed by atoms with Crippen LogP contribution in [0.1, 0.15) is 38.3 Å².